The van der Waals surface area contributed by atoms with Crippen molar-refractivity contribution in [2.24, 2.45) is 5.41 Å². The molecule has 1 saturated carbocycles. The minimum Gasteiger partial charge on any atom is -0.380 e. The monoisotopic (exact) mass is 466 g/mol. The van der Waals surface area contributed by atoms with Crippen molar-refractivity contribution >= 4 is 22.8 Å². The smallest absolute Gasteiger partial charge is 0.259 e. The Labute approximate surface area is 203 Å². The minimum atomic E-state index is -0.185. The molecule has 4 aromatic rings. The van der Waals surface area contributed by atoms with E-state index in [1.807, 2.05) is 49.8 Å². The standard InChI is InChI=1S/C27H26N6O2/c1-17-2-3-19(25-28-10-20(11-29-25)18-4-5-18)8-23(17)31-26(34)22-12-30-33-7-6-21(9-24(22)33)32-13-27(14-32)15-35-16-27/h2-3,6-12,18H,4-5,13-16H2,1H3,(H,31,34). The van der Waals surface area contributed by atoms with Crippen LogP contribution in [0.4, 0.5) is 11.4 Å². The average Bonchev–Trinajstić information content (AvgIpc) is 3.58. The van der Waals surface area contributed by atoms with E-state index in [-0.39, 0.29) is 5.91 Å². The molecule has 8 heteroatoms. The van der Waals surface area contributed by atoms with Crippen molar-refractivity contribution in [3.8, 4) is 11.4 Å². The number of ether oxygens (including phenoxy) is 1. The molecule has 7 rings (SSSR count). The van der Waals surface area contributed by atoms with E-state index >= 15 is 0 Å². The lowest BCUT2D eigenvalue weighted by Crippen LogP contribution is -2.66. The van der Waals surface area contributed by atoms with E-state index in [2.05, 4.69) is 31.3 Å². The highest BCUT2D eigenvalue weighted by Gasteiger charge is 2.49. The van der Waals surface area contributed by atoms with E-state index in [0.29, 0.717) is 22.7 Å². The molecule has 3 fully saturated rings. The maximum absolute atomic E-state index is 13.3. The summed E-state index contributed by atoms with van der Waals surface area (Å²) in [5, 5.41) is 7.48. The van der Waals surface area contributed by atoms with Crippen molar-refractivity contribution < 1.29 is 9.53 Å². The molecule has 0 unspecified atom stereocenters. The Hall–Kier alpha value is -3.78. The van der Waals surface area contributed by atoms with Crippen molar-refractivity contribution in [2.75, 3.05) is 36.5 Å². The highest BCUT2D eigenvalue weighted by Crippen LogP contribution is 2.41. The van der Waals surface area contributed by atoms with E-state index in [4.69, 9.17) is 4.74 Å². The van der Waals surface area contributed by atoms with Crippen LogP contribution in [0.1, 0.15) is 40.2 Å². The number of amides is 1. The molecule has 35 heavy (non-hydrogen) atoms. The van der Waals surface area contributed by atoms with Gasteiger partial charge in [-0.25, -0.2) is 14.5 Å². The first-order valence-corrected chi connectivity index (χ1v) is 12.1. The summed E-state index contributed by atoms with van der Waals surface area (Å²) in [5.41, 5.74) is 6.57. The predicted molar refractivity (Wildman–Crippen MR) is 133 cm³/mol. The number of pyridine rings is 1. The van der Waals surface area contributed by atoms with Gasteiger partial charge in [-0.15, -0.1) is 0 Å². The third-order valence-electron chi connectivity index (χ3n) is 7.45. The number of carbonyl (C=O) groups is 1. The maximum Gasteiger partial charge on any atom is 0.259 e. The van der Waals surface area contributed by atoms with Gasteiger partial charge in [-0.2, -0.15) is 5.10 Å². The summed E-state index contributed by atoms with van der Waals surface area (Å²) in [4.78, 5) is 24.8. The third-order valence-corrected chi connectivity index (χ3v) is 7.45. The number of nitrogens with one attached hydrogen (secondary N) is 1. The average molecular weight is 467 g/mol. The molecule has 3 aliphatic rings. The lowest BCUT2D eigenvalue weighted by atomic mass is 9.78. The highest BCUT2D eigenvalue weighted by atomic mass is 16.5. The zero-order valence-corrected chi connectivity index (χ0v) is 19.6. The van der Waals surface area contributed by atoms with Gasteiger partial charge in [-0.1, -0.05) is 12.1 Å². The van der Waals surface area contributed by atoms with E-state index in [0.717, 1.165) is 54.3 Å². The Balaban J connectivity index is 1.13. The summed E-state index contributed by atoms with van der Waals surface area (Å²) in [6, 6.07) is 10.0. The van der Waals surface area contributed by atoms with Gasteiger partial charge in [0, 0.05) is 48.6 Å². The molecular formula is C27H26N6O2. The molecule has 1 spiro atoms. The molecule has 8 nitrogen and oxygen atoms in total. The quantitative estimate of drug-likeness (QED) is 0.477. The van der Waals surface area contributed by atoms with Crippen molar-refractivity contribution in [3.63, 3.8) is 0 Å². The molecule has 176 valence electrons. The van der Waals surface area contributed by atoms with Crippen LogP contribution >= 0.6 is 0 Å². The van der Waals surface area contributed by atoms with Crippen LogP contribution < -0.4 is 10.2 Å². The van der Waals surface area contributed by atoms with Gasteiger partial charge in [0.1, 0.15) is 0 Å². The summed E-state index contributed by atoms with van der Waals surface area (Å²) in [6.45, 7) is 5.66. The zero-order chi connectivity index (χ0) is 23.6. The fourth-order valence-corrected chi connectivity index (χ4v) is 5.06. The molecule has 0 atom stereocenters. The van der Waals surface area contributed by atoms with Crippen molar-refractivity contribution in [3.05, 3.63) is 71.8 Å². The van der Waals surface area contributed by atoms with Gasteiger partial charge in [-0.3, -0.25) is 4.79 Å². The number of rotatable bonds is 5. The Morgan fingerprint density at radius 3 is 2.60 bits per heavy atom. The molecule has 1 aliphatic carbocycles. The number of hydrogen-bond acceptors (Lipinski definition) is 6. The number of carbonyl (C=O) groups excluding carboxylic acids is 1. The fourth-order valence-electron chi connectivity index (χ4n) is 5.06. The number of hydrogen-bond donors (Lipinski definition) is 1. The molecule has 5 heterocycles. The summed E-state index contributed by atoms with van der Waals surface area (Å²) in [7, 11) is 0. The summed E-state index contributed by atoms with van der Waals surface area (Å²) in [6.07, 6.45) is 9.84. The first kappa shape index (κ1) is 20.6. The third kappa shape index (κ3) is 3.56. The minimum absolute atomic E-state index is 0.185. The van der Waals surface area contributed by atoms with Gasteiger partial charge in [-0.05, 0) is 55.0 Å². The first-order chi connectivity index (χ1) is 17.1. The van der Waals surface area contributed by atoms with Crippen LogP contribution in [0.3, 0.4) is 0 Å². The van der Waals surface area contributed by atoms with Crippen LogP contribution in [0.15, 0.2) is 55.1 Å². The first-order valence-electron chi connectivity index (χ1n) is 12.1. The van der Waals surface area contributed by atoms with Gasteiger partial charge >= 0.3 is 0 Å². The molecular weight excluding hydrogens is 440 g/mol. The van der Waals surface area contributed by atoms with E-state index in [1.165, 1.54) is 18.4 Å². The molecule has 0 bridgehead atoms. The fraction of sp³-hybridized carbons (Fsp3) is 0.333. The number of fused-ring (bicyclic) bond motifs is 1. The van der Waals surface area contributed by atoms with Gasteiger partial charge < -0.3 is 15.0 Å². The Bertz CT molecular complexity index is 1440. The summed E-state index contributed by atoms with van der Waals surface area (Å²) in [5.74, 6) is 1.10. The molecule has 3 aromatic heterocycles. The topological polar surface area (TPSA) is 84.7 Å². The van der Waals surface area contributed by atoms with Gasteiger partial charge in [0.25, 0.3) is 5.91 Å². The van der Waals surface area contributed by atoms with Crippen molar-refractivity contribution in [1.82, 2.24) is 19.6 Å². The number of nitrogens with zero attached hydrogens (tertiary/aromatic N) is 5. The molecule has 2 aliphatic heterocycles. The molecule has 2 saturated heterocycles. The SMILES string of the molecule is Cc1ccc(-c2ncc(C3CC3)cn2)cc1NC(=O)c1cnn2ccc(N3CC4(COC4)C3)cc12. The van der Waals surface area contributed by atoms with Gasteiger partial charge in [0.2, 0.25) is 0 Å². The number of aromatic nitrogens is 4. The molecule has 1 N–H and O–H groups in total. The lowest BCUT2D eigenvalue weighted by Gasteiger charge is -2.56. The van der Waals surface area contributed by atoms with Crippen LogP contribution in [0.25, 0.3) is 16.9 Å². The second kappa shape index (κ2) is 7.61. The van der Waals surface area contributed by atoms with Crippen LogP contribution in [0.5, 0.6) is 0 Å². The zero-order valence-electron chi connectivity index (χ0n) is 19.6. The Morgan fingerprint density at radius 1 is 1.09 bits per heavy atom. The van der Waals surface area contributed by atoms with Crippen molar-refractivity contribution in [2.45, 2.75) is 25.7 Å². The number of benzene rings is 1. The number of anilines is 2. The van der Waals surface area contributed by atoms with E-state index in [9.17, 15) is 4.79 Å². The van der Waals surface area contributed by atoms with E-state index in [1.54, 1.807) is 10.7 Å². The second-order valence-corrected chi connectivity index (χ2v) is 10.2. The highest BCUT2D eigenvalue weighted by molar-refractivity contribution is 6.09. The van der Waals surface area contributed by atoms with Gasteiger partial charge in [0.15, 0.2) is 5.82 Å². The summed E-state index contributed by atoms with van der Waals surface area (Å²) >= 11 is 0. The Kier molecular flexibility index (Phi) is 4.48. The largest absolute Gasteiger partial charge is 0.380 e. The number of aryl methyl sites for hydroxylation is 1. The summed E-state index contributed by atoms with van der Waals surface area (Å²) < 4.78 is 7.14. The normalized spacial score (nSPS) is 18.4. The van der Waals surface area contributed by atoms with E-state index < -0.39 is 0 Å². The van der Waals surface area contributed by atoms with Crippen molar-refractivity contribution in [1.29, 1.82) is 0 Å². The predicted octanol–water partition coefficient (Wildman–Crippen LogP) is 4.07. The molecule has 0 radical (unpaired) electrons. The second-order valence-electron chi connectivity index (χ2n) is 10.2. The molecule has 1 aromatic carbocycles. The Morgan fingerprint density at radius 2 is 1.89 bits per heavy atom. The van der Waals surface area contributed by atoms with Crippen LogP contribution in [-0.2, 0) is 4.74 Å². The molecule has 1 amide bonds. The van der Waals surface area contributed by atoms with Crippen LogP contribution in [-0.4, -0.2) is 51.8 Å². The van der Waals surface area contributed by atoms with Gasteiger partial charge in [0.05, 0.1) is 35.9 Å². The van der Waals surface area contributed by atoms with Crippen LogP contribution in [0, 0.1) is 12.3 Å². The van der Waals surface area contributed by atoms with Crippen LogP contribution in [0.2, 0.25) is 0 Å². The lowest BCUT2D eigenvalue weighted by molar-refractivity contribution is -0.127. The maximum atomic E-state index is 13.3.